The zero-order valence-corrected chi connectivity index (χ0v) is 14.8. The Morgan fingerprint density at radius 3 is 2.42 bits per heavy atom. The first-order valence-electron chi connectivity index (χ1n) is 8.02. The van der Waals surface area contributed by atoms with Crippen molar-refractivity contribution in [2.24, 2.45) is 0 Å². The Bertz CT molecular complexity index is 796. The molecule has 0 bridgehead atoms. The molecule has 2 rings (SSSR count). The molecule has 1 aromatic carbocycles. The Kier molecular flexibility index (Phi) is 6.21. The maximum absolute atomic E-state index is 13.2. The first-order valence-corrected chi connectivity index (χ1v) is 8.02. The molecule has 1 heterocycles. The highest BCUT2D eigenvalue weighted by molar-refractivity contribution is 5.91. The van der Waals surface area contributed by atoms with Crippen LogP contribution in [0.3, 0.4) is 0 Å². The molecule has 0 unspecified atom stereocenters. The predicted molar refractivity (Wildman–Crippen MR) is 94.8 cm³/mol. The number of hydrogen-bond acceptors (Lipinski definition) is 3. The van der Waals surface area contributed by atoms with Crippen molar-refractivity contribution in [1.82, 2.24) is 9.88 Å². The van der Waals surface area contributed by atoms with Gasteiger partial charge >= 0.3 is 6.03 Å². The van der Waals surface area contributed by atoms with Crippen LogP contribution in [0.2, 0.25) is 0 Å². The number of anilines is 2. The van der Waals surface area contributed by atoms with E-state index in [1.165, 1.54) is 36.0 Å². The number of halogens is 2. The van der Waals surface area contributed by atoms with Gasteiger partial charge in [-0.3, -0.25) is 9.69 Å². The minimum absolute atomic E-state index is 0.114. The van der Waals surface area contributed by atoms with Crippen LogP contribution in [0.25, 0.3) is 0 Å². The number of aromatic nitrogens is 1. The summed E-state index contributed by atoms with van der Waals surface area (Å²) in [5, 5.41) is 2.65. The van der Waals surface area contributed by atoms with E-state index >= 15 is 0 Å². The highest BCUT2D eigenvalue weighted by Gasteiger charge is 2.13. The first kappa shape index (κ1) is 19.3. The van der Waals surface area contributed by atoms with E-state index in [1.807, 2.05) is 6.92 Å². The summed E-state index contributed by atoms with van der Waals surface area (Å²) in [5.74, 6) is -1.52. The summed E-state index contributed by atoms with van der Waals surface area (Å²) in [4.78, 5) is 30.7. The van der Waals surface area contributed by atoms with E-state index in [-0.39, 0.29) is 12.5 Å². The number of nitrogens with zero attached hydrogens (tertiary/aromatic N) is 3. The van der Waals surface area contributed by atoms with E-state index in [9.17, 15) is 18.4 Å². The molecule has 0 aliphatic heterocycles. The molecule has 138 valence electrons. The molecule has 0 radical (unpaired) electrons. The van der Waals surface area contributed by atoms with Gasteiger partial charge < -0.3 is 10.2 Å². The monoisotopic (exact) mass is 362 g/mol. The number of amides is 3. The van der Waals surface area contributed by atoms with Crippen molar-refractivity contribution in [3.05, 3.63) is 53.7 Å². The van der Waals surface area contributed by atoms with Gasteiger partial charge in [0.05, 0.1) is 11.9 Å². The van der Waals surface area contributed by atoms with E-state index in [1.54, 1.807) is 12.1 Å². The Morgan fingerprint density at radius 1 is 1.15 bits per heavy atom. The molecule has 2 aromatic rings. The van der Waals surface area contributed by atoms with Crippen molar-refractivity contribution >= 4 is 23.4 Å². The second-order valence-corrected chi connectivity index (χ2v) is 5.70. The van der Waals surface area contributed by atoms with Gasteiger partial charge in [0.2, 0.25) is 5.91 Å². The Balaban J connectivity index is 2.00. The van der Waals surface area contributed by atoms with Gasteiger partial charge in [0, 0.05) is 27.1 Å². The fourth-order valence-corrected chi connectivity index (χ4v) is 2.37. The number of rotatable bonds is 5. The van der Waals surface area contributed by atoms with Crippen LogP contribution in [0.5, 0.6) is 0 Å². The van der Waals surface area contributed by atoms with Gasteiger partial charge in [-0.2, -0.15) is 0 Å². The van der Waals surface area contributed by atoms with E-state index in [0.29, 0.717) is 23.6 Å². The lowest BCUT2D eigenvalue weighted by Crippen LogP contribution is -2.31. The topological polar surface area (TPSA) is 65.5 Å². The molecule has 6 nitrogen and oxygen atoms in total. The second-order valence-electron chi connectivity index (χ2n) is 5.70. The third-order valence-corrected chi connectivity index (χ3v) is 3.72. The van der Waals surface area contributed by atoms with Gasteiger partial charge in [0.25, 0.3) is 0 Å². The number of pyridine rings is 1. The molecule has 0 aliphatic carbocycles. The number of hydrogen-bond donors (Lipinski definition) is 1. The zero-order chi connectivity index (χ0) is 19.3. The van der Waals surface area contributed by atoms with E-state index in [2.05, 4.69) is 10.3 Å². The summed E-state index contributed by atoms with van der Waals surface area (Å²) in [7, 11) is 1.53. The summed E-state index contributed by atoms with van der Waals surface area (Å²) in [5.41, 5.74) is 0.922. The standard InChI is InChI=1S/C18H20F2N4O2/c1-4-24(12(2)25)17-8-6-14(10-21-17)22-18(26)23(3)11-13-5-7-15(19)16(20)9-13/h5-10H,4,11H2,1-3H3,(H,22,26). The van der Waals surface area contributed by atoms with Crippen LogP contribution in [0.4, 0.5) is 25.1 Å². The van der Waals surface area contributed by atoms with Crippen LogP contribution >= 0.6 is 0 Å². The molecule has 3 amide bonds. The van der Waals surface area contributed by atoms with Crippen LogP contribution in [0.1, 0.15) is 19.4 Å². The summed E-state index contributed by atoms with van der Waals surface area (Å²) in [6.45, 7) is 3.90. The SMILES string of the molecule is CCN(C(C)=O)c1ccc(NC(=O)N(C)Cc2ccc(F)c(F)c2)cn1. The highest BCUT2D eigenvalue weighted by Crippen LogP contribution is 2.15. The van der Waals surface area contributed by atoms with Crippen molar-refractivity contribution in [2.45, 2.75) is 20.4 Å². The molecule has 26 heavy (non-hydrogen) atoms. The van der Waals surface area contributed by atoms with Crippen LogP contribution < -0.4 is 10.2 Å². The van der Waals surface area contributed by atoms with E-state index in [0.717, 1.165) is 12.1 Å². The summed E-state index contributed by atoms with van der Waals surface area (Å²) in [6.07, 6.45) is 1.45. The van der Waals surface area contributed by atoms with Crippen molar-refractivity contribution in [1.29, 1.82) is 0 Å². The lowest BCUT2D eigenvalue weighted by molar-refractivity contribution is -0.116. The van der Waals surface area contributed by atoms with Crippen LogP contribution in [0.15, 0.2) is 36.5 Å². The van der Waals surface area contributed by atoms with Crippen molar-refractivity contribution in [3.63, 3.8) is 0 Å². The largest absolute Gasteiger partial charge is 0.323 e. The minimum Gasteiger partial charge on any atom is -0.323 e. The normalized spacial score (nSPS) is 10.3. The number of benzene rings is 1. The summed E-state index contributed by atoms with van der Waals surface area (Å²) in [6, 6.07) is 6.33. The quantitative estimate of drug-likeness (QED) is 0.887. The number of carbonyl (C=O) groups excluding carboxylic acids is 2. The first-order chi connectivity index (χ1) is 12.3. The lowest BCUT2D eigenvalue weighted by atomic mass is 10.2. The molecule has 8 heteroatoms. The predicted octanol–water partition coefficient (Wildman–Crippen LogP) is 3.40. The van der Waals surface area contributed by atoms with Gasteiger partial charge in [-0.25, -0.2) is 18.6 Å². The molecule has 0 spiro atoms. The van der Waals surface area contributed by atoms with Crippen LogP contribution in [-0.4, -0.2) is 35.4 Å². The average Bonchev–Trinajstić information content (AvgIpc) is 2.60. The molecule has 1 aromatic heterocycles. The number of nitrogens with one attached hydrogen (secondary N) is 1. The lowest BCUT2D eigenvalue weighted by Gasteiger charge is -2.20. The van der Waals surface area contributed by atoms with Crippen LogP contribution in [0, 0.1) is 11.6 Å². The molecule has 0 saturated heterocycles. The number of carbonyl (C=O) groups is 2. The van der Waals surface area contributed by atoms with E-state index < -0.39 is 17.7 Å². The average molecular weight is 362 g/mol. The molecule has 1 N–H and O–H groups in total. The zero-order valence-electron chi connectivity index (χ0n) is 14.8. The Morgan fingerprint density at radius 2 is 1.88 bits per heavy atom. The maximum atomic E-state index is 13.2. The summed E-state index contributed by atoms with van der Waals surface area (Å²) < 4.78 is 26.2. The molecular weight excluding hydrogens is 342 g/mol. The fourth-order valence-electron chi connectivity index (χ4n) is 2.37. The Hall–Kier alpha value is -3.03. The Labute approximate surface area is 150 Å². The number of urea groups is 1. The van der Waals surface area contributed by atoms with Crippen LogP contribution in [-0.2, 0) is 11.3 Å². The molecule has 0 saturated carbocycles. The maximum Gasteiger partial charge on any atom is 0.321 e. The second kappa shape index (κ2) is 8.37. The minimum atomic E-state index is -0.956. The molecule has 0 atom stereocenters. The third kappa shape index (κ3) is 4.75. The van der Waals surface area contributed by atoms with Crippen molar-refractivity contribution < 1.29 is 18.4 Å². The molecular formula is C18H20F2N4O2. The van der Waals surface area contributed by atoms with Crippen molar-refractivity contribution in [2.75, 3.05) is 23.8 Å². The van der Waals surface area contributed by atoms with Gasteiger partial charge in [-0.1, -0.05) is 6.07 Å². The van der Waals surface area contributed by atoms with Gasteiger partial charge in [-0.15, -0.1) is 0 Å². The van der Waals surface area contributed by atoms with Gasteiger partial charge in [0.15, 0.2) is 11.6 Å². The molecule has 0 fully saturated rings. The third-order valence-electron chi connectivity index (χ3n) is 3.72. The van der Waals surface area contributed by atoms with Crippen molar-refractivity contribution in [3.8, 4) is 0 Å². The fraction of sp³-hybridized carbons (Fsp3) is 0.278. The van der Waals surface area contributed by atoms with E-state index in [4.69, 9.17) is 0 Å². The molecule has 0 aliphatic rings. The summed E-state index contributed by atoms with van der Waals surface area (Å²) >= 11 is 0. The smallest absolute Gasteiger partial charge is 0.321 e. The highest BCUT2D eigenvalue weighted by atomic mass is 19.2. The van der Waals surface area contributed by atoms with Gasteiger partial charge in [-0.05, 0) is 36.8 Å². The van der Waals surface area contributed by atoms with Gasteiger partial charge in [0.1, 0.15) is 5.82 Å².